The van der Waals surface area contributed by atoms with Crippen LogP contribution in [0.5, 0.6) is 5.75 Å². The number of methoxy groups -OCH3 is 1. The van der Waals surface area contributed by atoms with Crippen molar-refractivity contribution in [2.45, 2.75) is 0 Å². The van der Waals surface area contributed by atoms with E-state index in [1.54, 1.807) is 13.3 Å². The lowest BCUT2D eigenvalue weighted by atomic mass is 10.2. The maximum atomic E-state index is 6.11. The van der Waals surface area contributed by atoms with Crippen molar-refractivity contribution in [3.8, 4) is 16.2 Å². The predicted molar refractivity (Wildman–Crippen MR) is 63.5 cm³/mol. The molecule has 0 amide bonds. The number of hydrogen-bond acceptors (Lipinski definition) is 4. The van der Waals surface area contributed by atoms with Gasteiger partial charge < -0.3 is 10.5 Å². The summed E-state index contributed by atoms with van der Waals surface area (Å²) in [5, 5.41) is 1.16. The van der Waals surface area contributed by atoms with Gasteiger partial charge in [-0.1, -0.05) is 29.0 Å². The fourth-order valence-electron chi connectivity index (χ4n) is 1.32. The zero-order chi connectivity index (χ0) is 10.8. The van der Waals surface area contributed by atoms with Gasteiger partial charge in [0.1, 0.15) is 5.75 Å². The van der Waals surface area contributed by atoms with Gasteiger partial charge in [-0.3, -0.25) is 0 Å². The van der Waals surface area contributed by atoms with Gasteiger partial charge in [-0.15, -0.1) is 0 Å². The summed E-state index contributed by atoms with van der Waals surface area (Å²) in [6.45, 7) is 0. The number of nitrogens with two attached hydrogens (primary N) is 1. The number of aromatic nitrogens is 1. The van der Waals surface area contributed by atoms with E-state index < -0.39 is 0 Å². The fraction of sp³-hybridized carbons (Fsp3) is 0.100. The molecule has 0 spiro atoms. The highest BCUT2D eigenvalue weighted by atomic mass is 35.5. The van der Waals surface area contributed by atoms with Gasteiger partial charge in [0.15, 0.2) is 5.13 Å². The van der Waals surface area contributed by atoms with Crippen LogP contribution in [-0.4, -0.2) is 12.1 Å². The molecule has 2 N–H and O–H groups in total. The Bertz CT molecular complexity index is 484. The van der Waals surface area contributed by atoms with Crippen LogP contribution in [0.25, 0.3) is 10.4 Å². The number of thiazole rings is 1. The van der Waals surface area contributed by atoms with Crippen molar-refractivity contribution in [2.24, 2.45) is 0 Å². The smallest absolute Gasteiger partial charge is 0.180 e. The fourth-order valence-corrected chi connectivity index (χ4v) is 2.39. The van der Waals surface area contributed by atoms with E-state index in [9.17, 15) is 0 Å². The van der Waals surface area contributed by atoms with Crippen LogP contribution in [0.2, 0.25) is 5.02 Å². The molecule has 0 bridgehead atoms. The Hall–Kier alpha value is -1.26. The van der Waals surface area contributed by atoms with Crippen molar-refractivity contribution in [3.05, 3.63) is 29.4 Å². The van der Waals surface area contributed by atoms with Gasteiger partial charge in [-0.05, 0) is 12.1 Å². The van der Waals surface area contributed by atoms with Crippen LogP contribution in [0, 0.1) is 0 Å². The lowest BCUT2D eigenvalue weighted by molar-refractivity contribution is 0.416. The number of nitrogens with zero attached hydrogens (tertiary/aromatic N) is 1. The summed E-state index contributed by atoms with van der Waals surface area (Å²) in [6, 6.07) is 5.52. The maximum Gasteiger partial charge on any atom is 0.180 e. The molecule has 1 heterocycles. The van der Waals surface area contributed by atoms with E-state index in [2.05, 4.69) is 4.98 Å². The Morgan fingerprint density at radius 2 is 2.27 bits per heavy atom. The third-order valence-corrected chi connectivity index (χ3v) is 3.12. The first-order valence-corrected chi connectivity index (χ1v) is 5.46. The monoisotopic (exact) mass is 240 g/mol. The first-order chi connectivity index (χ1) is 7.22. The molecular weight excluding hydrogens is 232 g/mol. The number of rotatable bonds is 2. The van der Waals surface area contributed by atoms with E-state index in [0.717, 1.165) is 16.2 Å². The second-order valence-electron chi connectivity index (χ2n) is 2.88. The van der Waals surface area contributed by atoms with E-state index in [-0.39, 0.29) is 0 Å². The lowest BCUT2D eigenvalue weighted by Gasteiger charge is -2.07. The van der Waals surface area contributed by atoms with Gasteiger partial charge in [0.05, 0.1) is 22.6 Å². The van der Waals surface area contributed by atoms with Gasteiger partial charge >= 0.3 is 0 Å². The summed E-state index contributed by atoms with van der Waals surface area (Å²) in [5.74, 6) is 0.728. The summed E-state index contributed by atoms with van der Waals surface area (Å²) in [6.07, 6.45) is 1.70. The van der Waals surface area contributed by atoms with E-state index >= 15 is 0 Å². The van der Waals surface area contributed by atoms with E-state index in [4.69, 9.17) is 22.1 Å². The highest BCUT2D eigenvalue weighted by molar-refractivity contribution is 7.18. The predicted octanol–water partition coefficient (Wildman–Crippen LogP) is 3.05. The molecule has 0 aliphatic rings. The number of ether oxygens (including phenoxy) is 1. The lowest BCUT2D eigenvalue weighted by Crippen LogP contribution is -1.86. The minimum absolute atomic E-state index is 0.520. The van der Waals surface area contributed by atoms with Crippen molar-refractivity contribution in [2.75, 3.05) is 12.8 Å². The third kappa shape index (κ3) is 1.91. The second-order valence-corrected chi connectivity index (χ2v) is 4.35. The Morgan fingerprint density at radius 3 is 2.87 bits per heavy atom. The van der Waals surface area contributed by atoms with Crippen LogP contribution in [-0.2, 0) is 0 Å². The molecule has 0 aliphatic heterocycles. The molecule has 0 saturated heterocycles. The SMILES string of the molecule is COc1cccc(Cl)c1-c1cnc(N)s1. The highest BCUT2D eigenvalue weighted by Crippen LogP contribution is 2.39. The molecule has 0 fully saturated rings. The molecule has 0 atom stereocenters. The van der Waals surface area contributed by atoms with Crippen molar-refractivity contribution in [1.29, 1.82) is 0 Å². The molecule has 2 rings (SSSR count). The van der Waals surface area contributed by atoms with Crippen LogP contribution in [0.1, 0.15) is 0 Å². The number of benzene rings is 1. The molecule has 3 nitrogen and oxygen atoms in total. The molecule has 78 valence electrons. The van der Waals surface area contributed by atoms with Gasteiger partial charge in [-0.25, -0.2) is 4.98 Å². The zero-order valence-corrected chi connectivity index (χ0v) is 9.60. The first kappa shape index (κ1) is 10.3. The minimum atomic E-state index is 0.520. The number of halogens is 1. The Kier molecular flexibility index (Phi) is 2.79. The summed E-state index contributed by atoms with van der Waals surface area (Å²) < 4.78 is 5.24. The molecule has 1 aromatic carbocycles. The van der Waals surface area contributed by atoms with Gasteiger partial charge in [0, 0.05) is 6.20 Å². The van der Waals surface area contributed by atoms with Crippen LogP contribution in [0.3, 0.4) is 0 Å². The van der Waals surface area contributed by atoms with Crippen LogP contribution < -0.4 is 10.5 Å². The number of nitrogen functional groups attached to an aromatic ring is 1. The molecule has 0 unspecified atom stereocenters. The highest BCUT2D eigenvalue weighted by Gasteiger charge is 2.12. The van der Waals surface area contributed by atoms with Crippen molar-refractivity contribution in [3.63, 3.8) is 0 Å². The molecule has 15 heavy (non-hydrogen) atoms. The van der Waals surface area contributed by atoms with Gasteiger partial charge in [-0.2, -0.15) is 0 Å². The van der Waals surface area contributed by atoms with Gasteiger partial charge in [0.2, 0.25) is 0 Å². The minimum Gasteiger partial charge on any atom is -0.496 e. The second kappa shape index (κ2) is 4.08. The van der Waals surface area contributed by atoms with E-state index in [1.807, 2.05) is 18.2 Å². The average molecular weight is 241 g/mol. The maximum absolute atomic E-state index is 6.11. The average Bonchev–Trinajstić information content (AvgIpc) is 2.64. The number of anilines is 1. The Balaban J connectivity index is 2.60. The van der Waals surface area contributed by atoms with Crippen LogP contribution >= 0.6 is 22.9 Å². The van der Waals surface area contributed by atoms with Gasteiger partial charge in [0.25, 0.3) is 0 Å². The molecule has 0 aliphatic carbocycles. The molecule has 0 radical (unpaired) electrons. The van der Waals surface area contributed by atoms with Crippen molar-refractivity contribution >= 4 is 28.1 Å². The normalized spacial score (nSPS) is 10.3. The van der Waals surface area contributed by atoms with Crippen LogP contribution in [0.15, 0.2) is 24.4 Å². The van der Waals surface area contributed by atoms with E-state index in [0.29, 0.717) is 10.2 Å². The van der Waals surface area contributed by atoms with Crippen LogP contribution in [0.4, 0.5) is 5.13 Å². The quantitative estimate of drug-likeness (QED) is 0.878. The number of hydrogen-bond donors (Lipinski definition) is 1. The molecule has 0 saturated carbocycles. The summed E-state index contributed by atoms with van der Waals surface area (Å²) in [7, 11) is 1.61. The first-order valence-electron chi connectivity index (χ1n) is 4.26. The standard InChI is InChI=1S/C10H9ClN2OS/c1-14-7-4-2-3-6(11)9(7)8-5-13-10(12)15-8/h2-5H,1H3,(H2,12,13). The molecular formula is C10H9ClN2OS. The topological polar surface area (TPSA) is 48.1 Å². The molecule has 2 aromatic rings. The zero-order valence-electron chi connectivity index (χ0n) is 8.03. The Labute approximate surface area is 96.5 Å². The van der Waals surface area contributed by atoms with Crippen molar-refractivity contribution < 1.29 is 4.74 Å². The largest absolute Gasteiger partial charge is 0.496 e. The summed E-state index contributed by atoms with van der Waals surface area (Å²) >= 11 is 7.50. The summed E-state index contributed by atoms with van der Waals surface area (Å²) in [4.78, 5) is 4.90. The van der Waals surface area contributed by atoms with E-state index in [1.165, 1.54) is 11.3 Å². The molecule has 1 aromatic heterocycles. The molecule has 5 heteroatoms. The van der Waals surface area contributed by atoms with Crippen molar-refractivity contribution in [1.82, 2.24) is 4.98 Å². The third-order valence-electron chi connectivity index (χ3n) is 1.97. The Morgan fingerprint density at radius 1 is 1.47 bits per heavy atom. The summed E-state index contributed by atoms with van der Waals surface area (Å²) in [5.41, 5.74) is 6.42.